The third-order valence-electron chi connectivity index (χ3n) is 4.03. The molecule has 0 heterocycles. The second-order valence-corrected chi connectivity index (χ2v) is 5.95. The highest BCUT2D eigenvalue weighted by atomic mass is 79.9. The topological polar surface area (TPSA) is 0 Å². The Kier molecular flexibility index (Phi) is 0.958. The van der Waals surface area contributed by atoms with Crippen LogP contribution in [0.15, 0.2) is 0 Å². The van der Waals surface area contributed by atoms with Crippen LogP contribution in [0, 0.1) is 16.7 Å². The predicted octanol–water partition coefficient (Wildman–Crippen LogP) is 1.56. The van der Waals surface area contributed by atoms with Crippen LogP contribution in [0.5, 0.6) is 0 Å². The Balaban J connectivity index is 1.93. The lowest BCUT2D eigenvalue weighted by molar-refractivity contribution is 0.716. The molecule has 3 saturated carbocycles. The van der Waals surface area contributed by atoms with Crippen molar-refractivity contribution in [2.45, 2.75) is 29.8 Å². The summed E-state index contributed by atoms with van der Waals surface area (Å²) in [5.41, 5.74) is 1.22. The molecule has 3 heteroatoms. The molecule has 0 aromatic heterocycles. The molecule has 3 aliphatic carbocycles. The van der Waals surface area contributed by atoms with Gasteiger partial charge in [-0.1, -0.05) is 0 Å². The number of hydrogen-bond donors (Lipinski definition) is 0. The molecule has 0 atom stereocenters. The SMILES string of the molecule is [B]C([B])(Br)C1C2(CC2)C12CC2. The molecule has 0 nitrogen and oxygen atoms in total. The normalized spacial score (nSPS) is 41.0. The third-order valence-corrected chi connectivity index (χ3v) is 4.49. The largest absolute Gasteiger partial charge is 0.106 e. The molecular weight excluding hydrogens is 198 g/mol. The van der Waals surface area contributed by atoms with Crippen molar-refractivity contribution in [3.8, 4) is 0 Å². The molecule has 0 amide bonds. The van der Waals surface area contributed by atoms with Gasteiger partial charge in [-0.05, 0) is 46.6 Å². The van der Waals surface area contributed by atoms with Crippen LogP contribution in [0.25, 0.3) is 0 Å². The van der Waals surface area contributed by atoms with E-state index in [0.29, 0.717) is 16.7 Å². The van der Waals surface area contributed by atoms with Crippen molar-refractivity contribution in [3.63, 3.8) is 0 Å². The van der Waals surface area contributed by atoms with E-state index in [2.05, 4.69) is 15.9 Å². The zero-order valence-corrected chi connectivity index (χ0v) is 8.02. The quantitative estimate of drug-likeness (QED) is 0.451. The minimum Gasteiger partial charge on any atom is -0.106 e. The highest BCUT2D eigenvalue weighted by Crippen LogP contribution is 2.94. The van der Waals surface area contributed by atoms with Gasteiger partial charge in [-0.15, -0.1) is 15.9 Å². The van der Waals surface area contributed by atoms with E-state index in [1.165, 1.54) is 25.7 Å². The van der Waals surface area contributed by atoms with Crippen LogP contribution in [0.3, 0.4) is 0 Å². The Morgan fingerprint density at radius 2 is 1.45 bits per heavy atom. The summed E-state index contributed by atoms with van der Waals surface area (Å²) in [7, 11) is 11.7. The molecule has 3 fully saturated rings. The Morgan fingerprint density at radius 3 is 1.55 bits per heavy atom. The molecule has 3 aliphatic rings. The lowest BCUT2D eigenvalue weighted by Gasteiger charge is -2.17. The van der Waals surface area contributed by atoms with Gasteiger partial charge < -0.3 is 0 Å². The van der Waals surface area contributed by atoms with E-state index in [1.807, 2.05) is 0 Å². The van der Waals surface area contributed by atoms with Gasteiger partial charge in [-0.2, -0.15) is 0 Å². The maximum atomic E-state index is 5.87. The van der Waals surface area contributed by atoms with Crippen LogP contribution in [-0.2, 0) is 0 Å². The first-order chi connectivity index (χ1) is 5.03. The van der Waals surface area contributed by atoms with Gasteiger partial charge in [0.25, 0.3) is 0 Å². The average Bonchev–Trinajstić information content (AvgIpc) is 2.58. The summed E-state index contributed by atoms with van der Waals surface area (Å²) in [5.74, 6) is 0.572. The van der Waals surface area contributed by atoms with Crippen molar-refractivity contribution >= 4 is 31.6 Å². The smallest absolute Gasteiger partial charge is 0.0775 e. The van der Waals surface area contributed by atoms with Gasteiger partial charge in [0.2, 0.25) is 0 Å². The summed E-state index contributed by atoms with van der Waals surface area (Å²) in [5, 5.41) is 0. The average molecular weight is 207 g/mol. The van der Waals surface area contributed by atoms with Gasteiger partial charge >= 0.3 is 0 Å². The van der Waals surface area contributed by atoms with Crippen LogP contribution in [0.4, 0.5) is 0 Å². The van der Waals surface area contributed by atoms with E-state index in [9.17, 15) is 0 Å². The van der Waals surface area contributed by atoms with Crippen LogP contribution < -0.4 is 0 Å². The molecular formula is C8H9B2Br. The third kappa shape index (κ3) is 0.620. The predicted molar refractivity (Wildman–Crippen MR) is 50.0 cm³/mol. The zero-order chi connectivity index (χ0) is 7.91. The number of fused-ring (bicyclic) bond motifs is 1. The van der Waals surface area contributed by atoms with Crippen LogP contribution in [0.1, 0.15) is 25.7 Å². The highest BCUT2D eigenvalue weighted by Gasteiger charge is 2.87. The molecule has 11 heavy (non-hydrogen) atoms. The first-order valence-electron chi connectivity index (χ1n) is 4.30. The fraction of sp³-hybridized carbons (Fsp3) is 1.00. The van der Waals surface area contributed by atoms with Gasteiger partial charge in [-0.25, -0.2) is 0 Å². The summed E-state index contributed by atoms with van der Waals surface area (Å²) in [6.45, 7) is 0. The van der Waals surface area contributed by atoms with Gasteiger partial charge in [-0.3, -0.25) is 0 Å². The van der Waals surface area contributed by atoms with E-state index in [-0.39, 0.29) is 0 Å². The van der Waals surface area contributed by atoms with Crippen LogP contribution in [0.2, 0.25) is 0 Å². The Labute approximate surface area is 78.4 Å². The van der Waals surface area contributed by atoms with E-state index in [0.717, 1.165) is 0 Å². The zero-order valence-electron chi connectivity index (χ0n) is 6.44. The molecule has 0 bridgehead atoms. The van der Waals surface area contributed by atoms with E-state index in [1.54, 1.807) is 0 Å². The highest BCUT2D eigenvalue weighted by molar-refractivity contribution is 9.11. The van der Waals surface area contributed by atoms with Crippen molar-refractivity contribution in [2.24, 2.45) is 16.7 Å². The molecule has 0 aromatic rings. The second-order valence-electron chi connectivity index (χ2n) is 4.57. The Hall–Kier alpha value is 0.610. The summed E-state index contributed by atoms with van der Waals surface area (Å²) >= 11 is 3.39. The molecule has 0 N–H and O–H groups in total. The molecule has 0 aliphatic heterocycles. The Morgan fingerprint density at radius 1 is 1.09 bits per heavy atom. The Bertz CT molecular complexity index is 205. The first kappa shape index (κ1) is 7.06. The van der Waals surface area contributed by atoms with Gasteiger partial charge in [0.05, 0.1) is 15.7 Å². The van der Waals surface area contributed by atoms with E-state index >= 15 is 0 Å². The first-order valence-corrected chi connectivity index (χ1v) is 5.09. The number of halogens is 1. The molecule has 3 rings (SSSR count). The summed E-state index contributed by atoms with van der Waals surface area (Å²) in [6.07, 6.45) is 5.50. The van der Waals surface area contributed by atoms with Crippen LogP contribution in [-0.4, -0.2) is 19.8 Å². The molecule has 0 saturated heterocycles. The molecule has 54 valence electrons. The molecule has 2 spiro atoms. The fourth-order valence-corrected chi connectivity index (χ4v) is 4.30. The van der Waals surface area contributed by atoms with Crippen molar-refractivity contribution in [1.82, 2.24) is 0 Å². The number of rotatable bonds is 1. The molecule has 0 unspecified atom stereocenters. The lowest BCUT2D eigenvalue weighted by atomic mass is 9.66. The minimum absolute atomic E-state index is 0.572. The maximum Gasteiger partial charge on any atom is 0.0775 e. The van der Waals surface area contributed by atoms with Crippen LogP contribution >= 0.6 is 15.9 Å². The van der Waals surface area contributed by atoms with E-state index < -0.39 is 4.12 Å². The number of hydrogen-bond acceptors (Lipinski definition) is 0. The second kappa shape index (κ2) is 1.49. The molecule has 0 aromatic carbocycles. The van der Waals surface area contributed by atoms with Gasteiger partial charge in [0, 0.05) is 0 Å². The standard InChI is InChI=1S/C8H9B2Br/c9-8(10,11)5-6(1-2-6)7(5)3-4-7/h5H,1-4H2. The fourth-order valence-electron chi connectivity index (χ4n) is 3.43. The summed E-state index contributed by atoms with van der Waals surface area (Å²) in [6, 6.07) is 0. The van der Waals surface area contributed by atoms with E-state index in [4.69, 9.17) is 15.7 Å². The summed E-state index contributed by atoms with van der Waals surface area (Å²) < 4.78 is -0.583. The summed E-state index contributed by atoms with van der Waals surface area (Å²) in [4.78, 5) is 0. The van der Waals surface area contributed by atoms with Crippen molar-refractivity contribution in [3.05, 3.63) is 0 Å². The molecule has 4 radical (unpaired) electrons. The lowest BCUT2D eigenvalue weighted by Crippen LogP contribution is -2.26. The maximum absolute atomic E-state index is 5.87. The minimum atomic E-state index is -0.583. The van der Waals surface area contributed by atoms with Gasteiger partial charge in [0.15, 0.2) is 0 Å². The van der Waals surface area contributed by atoms with Crippen molar-refractivity contribution in [2.75, 3.05) is 0 Å². The van der Waals surface area contributed by atoms with Crippen molar-refractivity contribution in [1.29, 1.82) is 0 Å². The van der Waals surface area contributed by atoms with Crippen molar-refractivity contribution < 1.29 is 0 Å². The number of alkyl halides is 1. The van der Waals surface area contributed by atoms with Gasteiger partial charge in [0.1, 0.15) is 0 Å². The monoisotopic (exact) mass is 206 g/mol.